The Bertz CT molecular complexity index is 341. The number of nitrogen functional groups attached to an aromatic ring is 1. The third kappa shape index (κ3) is 5.44. The van der Waals surface area contributed by atoms with Crippen LogP contribution in [0.4, 0.5) is 10.1 Å². The fraction of sp³-hybridized carbons (Fsp3) is 0.538. The molecule has 5 heteroatoms. The van der Waals surface area contributed by atoms with Gasteiger partial charge in [-0.3, -0.25) is 4.90 Å². The lowest BCUT2D eigenvalue weighted by Gasteiger charge is -2.20. The molecule has 0 aliphatic rings. The second-order valence-corrected chi connectivity index (χ2v) is 4.10. The zero-order valence-corrected chi connectivity index (χ0v) is 10.7. The SMILES string of the molecule is CCN(CCOCCO)Cc1cc(N)cc(F)c1. The van der Waals surface area contributed by atoms with Gasteiger partial charge in [0.05, 0.1) is 19.8 Å². The van der Waals surface area contributed by atoms with Crippen LogP contribution in [0.5, 0.6) is 0 Å². The predicted molar refractivity (Wildman–Crippen MR) is 69.7 cm³/mol. The number of benzene rings is 1. The molecule has 4 nitrogen and oxygen atoms in total. The van der Waals surface area contributed by atoms with Crippen molar-refractivity contribution in [3.8, 4) is 0 Å². The van der Waals surface area contributed by atoms with Crippen molar-refractivity contribution in [1.82, 2.24) is 4.90 Å². The van der Waals surface area contributed by atoms with Crippen molar-refractivity contribution in [2.45, 2.75) is 13.5 Å². The summed E-state index contributed by atoms with van der Waals surface area (Å²) in [7, 11) is 0. The van der Waals surface area contributed by atoms with Crippen LogP contribution >= 0.6 is 0 Å². The van der Waals surface area contributed by atoms with Gasteiger partial charge < -0.3 is 15.6 Å². The Balaban J connectivity index is 2.46. The normalized spacial score (nSPS) is 11.1. The molecular weight excluding hydrogens is 235 g/mol. The van der Waals surface area contributed by atoms with Crippen LogP contribution in [0.1, 0.15) is 12.5 Å². The molecule has 0 aliphatic heterocycles. The minimum Gasteiger partial charge on any atom is -0.399 e. The van der Waals surface area contributed by atoms with Gasteiger partial charge in [-0.2, -0.15) is 0 Å². The molecule has 0 radical (unpaired) electrons. The van der Waals surface area contributed by atoms with E-state index in [1.54, 1.807) is 6.07 Å². The molecule has 0 fully saturated rings. The van der Waals surface area contributed by atoms with Gasteiger partial charge in [0.1, 0.15) is 5.82 Å². The number of nitrogens with two attached hydrogens (primary N) is 1. The Labute approximate surface area is 107 Å². The van der Waals surface area contributed by atoms with Gasteiger partial charge >= 0.3 is 0 Å². The van der Waals surface area contributed by atoms with E-state index in [9.17, 15) is 4.39 Å². The van der Waals surface area contributed by atoms with Gasteiger partial charge in [-0.25, -0.2) is 4.39 Å². The molecule has 0 spiro atoms. The van der Waals surface area contributed by atoms with Gasteiger partial charge in [0.2, 0.25) is 0 Å². The second-order valence-electron chi connectivity index (χ2n) is 4.10. The molecule has 1 rings (SSSR count). The summed E-state index contributed by atoms with van der Waals surface area (Å²) in [5.41, 5.74) is 6.91. The zero-order valence-electron chi connectivity index (χ0n) is 10.7. The number of ether oxygens (including phenoxy) is 1. The van der Waals surface area contributed by atoms with Gasteiger partial charge in [-0.1, -0.05) is 6.92 Å². The molecule has 0 bridgehead atoms. The number of halogens is 1. The number of aliphatic hydroxyl groups is 1. The monoisotopic (exact) mass is 256 g/mol. The maximum absolute atomic E-state index is 13.2. The van der Waals surface area contributed by atoms with E-state index in [0.717, 1.165) is 18.7 Å². The first-order chi connectivity index (χ1) is 8.65. The molecule has 18 heavy (non-hydrogen) atoms. The minimum absolute atomic E-state index is 0.0343. The molecular formula is C13H21FN2O2. The molecule has 0 saturated heterocycles. The fourth-order valence-corrected chi connectivity index (χ4v) is 1.73. The fourth-order valence-electron chi connectivity index (χ4n) is 1.73. The first-order valence-corrected chi connectivity index (χ1v) is 6.11. The highest BCUT2D eigenvalue weighted by molar-refractivity contribution is 5.41. The van der Waals surface area contributed by atoms with E-state index in [0.29, 0.717) is 25.4 Å². The van der Waals surface area contributed by atoms with Crippen LogP contribution in [-0.2, 0) is 11.3 Å². The number of likely N-dealkylation sites (N-methyl/N-ethyl adjacent to an activating group) is 1. The lowest BCUT2D eigenvalue weighted by atomic mass is 10.2. The smallest absolute Gasteiger partial charge is 0.125 e. The third-order valence-corrected chi connectivity index (χ3v) is 2.62. The third-order valence-electron chi connectivity index (χ3n) is 2.62. The quantitative estimate of drug-likeness (QED) is 0.543. The number of nitrogens with zero attached hydrogens (tertiary/aromatic N) is 1. The zero-order chi connectivity index (χ0) is 13.4. The molecule has 102 valence electrons. The molecule has 1 aromatic carbocycles. The molecule has 0 atom stereocenters. The second kappa shape index (κ2) is 8.02. The van der Waals surface area contributed by atoms with Crippen molar-refractivity contribution in [2.75, 3.05) is 38.6 Å². The Morgan fingerprint density at radius 3 is 2.72 bits per heavy atom. The highest BCUT2D eigenvalue weighted by Crippen LogP contribution is 2.12. The largest absolute Gasteiger partial charge is 0.399 e. The van der Waals surface area contributed by atoms with Crippen molar-refractivity contribution in [3.05, 3.63) is 29.6 Å². The number of anilines is 1. The lowest BCUT2D eigenvalue weighted by Crippen LogP contribution is -2.27. The van der Waals surface area contributed by atoms with Gasteiger partial charge in [-0.05, 0) is 30.3 Å². The molecule has 0 amide bonds. The Morgan fingerprint density at radius 1 is 1.33 bits per heavy atom. The minimum atomic E-state index is -0.308. The summed E-state index contributed by atoms with van der Waals surface area (Å²) in [5, 5.41) is 8.59. The maximum atomic E-state index is 13.2. The highest BCUT2D eigenvalue weighted by atomic mass is 19.1. The Morgan fingerprint density at radius 2 is 2.11 bits per heavy atom. The summed E-state index contributed by atoms with van der Waals surface area (Å²) in [5.74, 6) is -0.308. The van der Waals surface area contributed by atoms with E-state index in [4.69, 9.17) is 15.6 Å². The van der Waals surface area contributed by atoms with Gasteiger partial charge in [-0.15, -0.1) is 0 Å². The van der Waals surface area contributed by atoms with Crippen LogP contribution in [0.25, 0.3) is 0 Å². The molecule has 0 unspecified atom stereocenters. The Hall–Kier alpha value is -1.17. The van der Waals surface area contributed by atoms with E-state index < -0.39 is 0 Å². The molecule has 0 aromatic heterocycles. The number of hydrogen-bond donors (Lipinski definition) is 2. The summed E-state index contributed by atoms with van der Waals surface area (Å²) in [6.45, 7) is 5.21. The van der Waals surface area contributed by atoms with Crippen molar-refractivity contribution >= 4 is 5.69 Å². The summed E-state index contributed by atoms with van der Waals surface area (Å²) < 4.78 is 18.4. The van der Waals surface area contributed by atoms with E-state index in [1.807, 2.05) is 6.92 Å². The Kier molecular flexibility index (Phi) is 6.64. The first kappa shape index (κ1) is 14.9. The predicted octanol–water partition coefficient (Wildman–Crippen LogP) is 1.24. The number of rotatable bonds is 8. The van der Waals surface area contributed by atoms with E-state index >= 15 is 0 Å². The average Bonchev–Trinajstić information content (AvgIpc) is 2.32. The molecule has 0 saturated carbocycles. The van der Waals surface area contributed by atoms with Gasteiger partial charge in [0.25, 0.3) is 0 Å². The van der Waals surface area contributed by atoms with Crippen LogP contribution in [-0.4, -0.2) is 42.9 Å². The maximum Gasteiger partial charge on any atom is 0.125 e. The topological polar surface area (TPSA) is 58.7 Å². The molecule has 0 heterocycles. The van der Waals surface area contributed by atoms with Crippen LogP contribution in [0.3, 0.4) is 0 Å². The lowest BCUT2D eigenvalue weighted by molar-refractivity contribution is 0.0732. The van der Waals surface area contributed by atoms with Crippen LogP contribution in [0.2, 0.25) is 0 Å². The van der Waals surface area contributed by atoms with Crippen molar-refractivity contribution in [2.24, 2.45) is 0 Å². The van der Waals surface area contributed by atoms with Crippen LogP contribution in [0.15, 0.2) is 18.2 Å². The van der Waals surface area contributed by atoms with Crippen LogP contribution in [0, 0.1) is 5.82 Å². The summed E-state index contributed by atoms with van der Waals surface area (Å²) in [4.78, 5) is 2.13. The van der Waals surface area contributed by atoms with E-state index in [2.05, 4.69) is 4.90 Å². The number of aliphatic hydroxyl groups excluding tert-OH is 1. The van der Waals surface area contributed by atoms with Gasteiger partial charge in [0.15, 0.2) is 0 Å². The van der Waals surface area contributed by atoms with Crippen molar-refractivity contribution in [1.29, 1.82) is 0 Å². The summed E-state index contributed by atoms with van der Waals surface area (Å²) in [6, 6.07) is 4.58. The highest BCUT2D eigenvalue weighted by Gasteiger charge is 2.05. The first-order valence-electron chi connectivity index (χ1n) is 6.11. The summed E-state index contributed by atoms with van der Waals surface area (Å²) >= 11 is 0. The average molecular weight is 256 g/mol. The van der Waals surface area contributed by atoms with E-state index in [1.165, 1.54) is 12.1 Å². The van der Waals surface area contributed by atoms with Crippen LogP contribution < -0.4 is 5.73 Å². The molecule has 0 aliphatic carbocycles. The van der Waals surface area contributed by atoms with Gasteiger partial charge in [0, 0.05) is 18.8 Å². The molecule has 3 N–H and O–H groups in total. The molecule has 1 aromatic rings. The van der Waals surface area contributed by atoms with Crippen molar-refractivity contribution < 1.29 is 14.2 Å². The van der Waals surface area contributed by atoms with E-state index in [-0.39, 0.29) is 12.4 Å². The van der Waals surface area contributed by atoms with Crippen molar-refractivity contribution in [3.63, 3.8) is 0 Å². The number of hydrogen-bond acceptors (Lipinski definition) is 4. The standard InChI is InChI=1S/C13H21FN2O2/c1-2-16(3-5-18-6-4-17)10-11-7-12(14)9-13(15)8-11/h7-9,17H,2-6,10,15H2,1H3. The summed E-state index contributed by atoms with van der Waals surface area (Å²) in [6.07, 6.45) is 0.